The molecule has 7 nitrogen and oxygen atoms in total. The average molecular weight is 433 g/mol. The zero-order valence-corrected chi connectivity index (χ0v) is 17.2. The molecule has 3 rings (SSSR count). The summed E-state index contributed by atoms with van der Waals surface area (Å²) in [4.78, 5) is 1.88. The summed E-state index contributed by atoms with van der Waals surface area (Å²) in [5.41, 5.74) is 0.869. The smallest absolute Gasteiger partial charge is 0.129 e. The molecule has 1 aromatic carbocycles. The molecule has 0 unspecified atom stereocenters. The highest BCUT2D eigenvalue weighted by atomic mass is 19.1. The van der Waals surface area contributed by atoms with E-state index in [0.29, 0.717) is 18.1 Å². The molecule has 2 aromatic heterocycles. The molecule has 0 aliphatic rings. The molecular formula is C23H28FNO6. The maximum absolute atomic E-state index is 13.2. The number of aliphatic hydroxyl groups excluding tert-OH is 2. The number of aliphatic hydroxyl groups is 2. The number of hydrogen-bond acceptors (Lipinski definition) is 7. The van der Waals surface area contributed by atoms with Crippen molar-refractivity contribution in [3.63, 3.8) is 0 Å². The Bertz CT molecular complexity index is 789. The van der Waals surface area contributed by atoms with E-state index in [1.54, 1.807) is 48.9 Å². The van der Waals surface area contributed by atoms with Crippen molar-refractivity contribution in [2.45, 2.75) is 32.0 Å². The van der Waals surface area contributed by atoms with Crippen LogP contribution in [0, 0.1) is 5.82 Å². The van der Waals surface area contributed by atoms with Crippen molar-refractivity contribution in [1.82, 2.24) is 4.90 Å². The van der Waals surface area contributed by atoms with Gasteiger partial charge in [0.25, 0.3) is 0 Å². The first-order chi connectivity index (χ1) is 15.1. The third kappa shape index (κ3) is 8.64. The van der Waals surface area contributed by atoms with Gasteiger partial charge in [-0.1, -0.05) is 12.1 Å². The van der Waals surface area contributed by atoms with Crippen LogP contribution in [-0.4, -0.2) is 53.6 Å². The van der Waals surface area contributed by atoms with E-state index in [4.69, 9.17) is 18.3 Å². The number of nitrogens with zero attached hydrogens (tertiary/aromatic N) is 1. The summed E-state index contributed by atoms with van der Waals surface area (Å²) >= 11 is 0. The van der Waals surface area contributed by atoms with Crippen LogP contribution in [0.25, 0.3) is 0 Å². The largest absolute Gasteiger partial charge is 0.467 e. The van der Waals surface area contributed by atoms with E-state index in [0.717, 1.165) is 5.56 Å². The third-order valence-electron chi connectivity index (χ3n) is 4.53. The SMILES string of the molecule is O[C@H](COCc1ccco1)CN(Cc1ccc(F)cc1)C[C@H](O)COCc1ccco1. The number of halogens is 1. The van der Waals surface area contributed by atoms with Crippen molar-refractivity contribution in [2.24, 2.45) is 0 Å². The monoisotopic (exact) mass is 433 g/mol. The zero-order chi connectivity index (χ0) is 21.9. The van der Waals surface area contributed by atoms with Crippen molar-refractivity contribution < 1.29 is 32.9 Å². The third-order valence-corrected chi connectivity index (χ3v) is 4.53. The molecule has 0 radical (unpaired) electrons. The maximum Gasteiger partial charge on any atom is 0.129 e. The molecule has 0 fully saturated rings. The lowest BCUT2D eigenvalue weighted by Gasteiger charge is -2.27. The summed E-state index contributed by atoms with van der Waals surface area (Å²) in [7, 11) is 0. The lowest BCUT2D eigenvalue weighted by molar-refractivity contribution is -0.0211. The van der Waals surface area contributed by atoms with Crippen molar-refractivity contribution in [2.75, 3.05) is 26.3 Å². The van der Waals surface area contributed by atoms with E-state index in [1.807, 2.05) is 4.90 Å². The summed E-state index contributed by atoms with van der Waals surface area (Å²) in [6.07, 6.45) is 1.59. The molecular weight excluding hydrogens is 405 g/mol. The first-order valence-electron chi connectivity index (χ1n) is 10.1. The first kappa shape index (κ1) is 23.2. The Kier molecular flexibility index (Phi) is 9.26. The van der Waals surface area contributed by atoms with Gasteiger partial charge in [-0.05, 0) is 42.0 Å². The lowest BCUT2D eigenvalue weighted by Crippen LogP contribution is -2.40. The minimum atomic E-state index is -0.772. The van der Waals surface area contributed by atoms with Crippen LogP contribution in [0.2, 0.25) is 0 Å². The summed E-state index contributed by atoms with van der Waals surface area (Å²) in [5.74, 6) is 1.05. The summed E-state index contributed by atoms with van der Waals surface area (Å²) < 4.78 is 34.6. The van der Waals surface area contributed by atoms with E-state index in [-0.39, 0.29) is 45.3 Å². The minimum absolute atomic E-state index is 0.117. The molecule has 0 bridgehead atoms. The van der Waals surface area contributed by atoms with Gasteiger partial charge in [0.1, 0.15) is 30.6 Å². The Labute approximate surface area is 180 Å². The van der Waals surface area contributed by atoms with Gasteiger partial charge in [0.05, 0.1) is 37.9 Å². The molecule has 8 heteroatoms. The number of furan rings is 2. The van der Waals surface area contributed by atoms with Crippen LogP contribution in [0.5, 0.6) is 0 Å². The quantitative estimate of drug-likeness (QED) is 0.404. The number of ether oxygens (including phenoxy) is 2. The van der Waals surface area contributed by atoms with Gasteiger partial charge in [0.2, 0.25) is 0 Å². The maximum atomic E-state index is 13.2. The molecule has 2 atom stereocenters. The molecule has 0 aliphatic heterocycles. The Hall–Kier alpha value is -2.49. The topological polar surface area (TPSA) is 88.4 Å². The number of hydrogen-bond donors (Lipinski definition) is 2. The highest BCUT2D eigenvalue weighted by molar-refractivity contribution is 5.16. The van der Waals surface area contributed by atoms with Crippen LogP contribution in [0.4, 0.5) is 4.39 Å². The standard InChI is InChI=1S/C23H28FNO6/c24-19-7-5-18(6-8-19)11-25(12-20(26)14-28-16-22-3-1-9-30-22)13-21(27)15-29-17-23-4-2-10-31-23/h1-10,20-21,26-27H,11-17H2/t20-,21-/m0/s1. The van der Waals surface area contributed by atoms with Crippen molar-refractivity contribution >= 4 is 0 Å². The van der Waals surface area contributed by atoms with Crippen molar-refractivity contribution in [3.8, 4) is 0 Å². The second-order valence-corrected chi connectivity index (χ2v) is 7.32. The molecule has 0 saturated carbocycles. The molecule has 0 aliphatic carbocycles. The summed E-state index contributed by atoms with van der Waals surface area (Å²) in [5, 5.41) is 20.8. The predicted molar refractivity (Wildman–Crippen MR) is 110 cm³/mol. The second-order valence-electron chi connectivity index (χ2n) is 7.32. The fourth-order valence-corrected chi connectivity index (χ4v) is 3.13. The summed E-state index contributed by atoms with van der Waals surface area (Å²) in [6, 6.07) is 13.3. The van der Waals surface area contributed by atoms with Crippen LogP contribution in [0.1, 0.15) is 17.1 Å². The van der Waals surface area contributed by atoms with Crippen LogP contribution in [0.15, 0.2) is 69.9 Å². The van der Waals surface area contributed by atoms with Gasteiger partial charge in [-0.15, -0.1) is 0 Å². The minimum Gasteiger partial charge on any atom is -0.467 e. The van der Waals surface area contributed by atoms with Crippen LogP contribution < -0.4 is 0 Å². The Balaban J connectivity index is 1.48. The lowest BCUT2D eigenvalue weighted by atomic mass is 10.2. The normalized spacial score (nSPS) is 13.5. The molecule has 3 aromatic rings. The van der Waals surface area contributed by atoms with Gasteiger partial charge in [-0.3, -0.25) is 4.90 Å². The van der Waals surface area contributed by atoms with Crippen LogP contribution >= 0.6 is 0 Å². The zero-order valence-electron chi connectivity index (χ0n) is 17.2. The molecule has 0 saturated heterocycles. The van der Waals surface area contributed by atoms with E-state index >= 15 is 0 Å². The van der Waals surface area contributed by atoms with E-state index in [1.165, 1.54) is 12.1 Å². The van der Waals surface area contributed by atoms with Gasteiger partial charge in [-0.25, -0.2) is 4.39 Å². The molecule has 168 valence electrons. The highest BCUT2D eigenvalue weighted by Crippen LogP contribution is 2.10. The second kappa shape index (κ2) is 12.4. The number of rotatable bonds is 14. The highest BCUT2D eigenvalue weighted by Gasteiger charge is 2.17. The van der Waals surface area contributed by atoms with Gasteiger partial charge in [0, 0.05) is 19.6 Å². The Morgan fingerprint density at radius 1 is 0.806 bits per heavy atom. The van der Waals surface area contributed by atoms with Gasteiger partial charge in [-0.2, -0.15) is 0 Å². The average Bonchev–Trinajstić information content (AvgIpc) is 3.44. The van der Waals surface area contributed by atoms with E-state index < -0.39 is 12.2 Å². The molecule has 0 amide bonds. The van der Waals surface area contributed by atoms with Gasteiger partial charge < -0.3 is 28.5 Å². The molecule has 31 heavy (non-hydrogen) atoms. The fourth-order valence-electron chi connectivity index (χ4n) is 3.13. The molecule has 2 N–H and O–H groups in total. The van der Waals surface area contributed by atoms with Gasteiger partial charge in [0.15, 0.2) is 0 Å². The molecule has 2 heterocycles. The summed E-state index contributed by atoms with van der Waals surface area (Å²) in [6.45, 7) is 1.74. The Morgan fingerprint density at radius 3 is 1.77 bits per heavy atom. The van der Waals surface area contributed by atoms with E-state index in [9.17, 15) is 14.6 Å². The van der Waals surface area contributed by atoms with Crippen LogP contribution in [0.3, 0.4) is 0 Å². The Morgan fingerprint density at radius 2 is 1.32 bits per heavy atom. The molecule has 0 spiro atoms. The van der Waals surface area contributed by atoms with Crippen LogP contribution in [-0.2, 0) is 29.2 Å². The van der Waals surface area contributed by atoms with Crippen molar-refractivity contribution in [3.05, 3.63) is 84.0 Å². The first-order valence-corrected chi connectivity index (χ1v) is 10.1. The van der Waals surface area contributed by atoms with Crippen molar-refractivity contribution in [1.29, 1.82) is 0 Å². The van der Waals surface area contributed by atoms with Gasteiger partial charge >= 0.3 is 0 Å². The van der Waals surface area contributed by atoms with E-state index in [2.05, 4.69) is 0 Å². The number of benzene rings is 1. The fraction of sp³-hybridized carbons (Fsp3) is 0.391. The predicted octanol–water partition coefficient (Wildman–Crippen LogP) is 2.97.